The summed E-state index contributed by atoms with van der Waals surface area (Å²) in [6.07, 6.45) is 3.81. The van der Waals surface area contributed by atoms with E-state index in [2.05, 4.69) is 4.98 Å². The molecule has 1 aromatic heterocycles. The van der Waals surface area contributed by atoms with Gasteiger partial charge < -0.3 is 5.73 Å². The number of benzene rings is 2. The van der Waals surface area contributed by atoms with Gasteiger partial charge in [0.2, 0.25) is 5.91 Å². The number of hydrogen-bond acceptors (Lipinski definition) is 4. The van der Waals surface area contributed by atoms with E-state index in [0.29, 0.717) is 10.6 Å². The lowest BCUT2D eigenvalue weighted by molar-refractivity contribution is -0.113. The maximum atomic E-state index is 14.6. The number of aromatic nitrogens is 1. The summed E-state index contributed by atoms with van der Waals surface area (Å²) < 4.78 is 55.1. The number of primary amides is 1. The summed E-state index contributed by atoms with van der Waals surface area (Å²) in [6.45, 7) is 0. The van der Waals surface area contributed by atoms with Gasteiger partial charge in [-0.1, -0.05) is 17.7 Å². The van der Waals surface area contributed by atoms with Crippen LogP contribution in [0.4, 0.5) is 8.78 Å². The number of hydrogen-bond donors (Lipinski definition) is 1. The van der Waals surface area contributed by atoms with Crippen LogP contribution in [0, 0.1) is 11.6 Å². The van der Waals surface area contributed by atoms with Crippen molar-refractivity contribution in [1.82, 2.24) is 4.98 Å². The van der Waals surface area contributed by atoms with Crippen LogP contribution in [-0.4, -0.2) is 19.3 Å². The maximum Gasteiger partial charge on any atom is 0.241 e. The largest absolute Gasteiger partial charge is 0.366 e. The molecule has 0 spiro atoms. The molecule has 5 nitrogen and oxygen atoms in total. The van der Waals surface area contributed by atoms with Crippen LogP contribution in [-0.2, 0) is 14.6 Å². The van der Waals surface area contributed by atoms with Crippen LogP contribution in [0.5, 0.6) is 0 Å². The van der Waals surface area contributed by atoms with Crippen LogP contribution in [0.3, 0.4) is 0 Å². The van der Waals surface area contributed by atoms with Gasteiger partial charge in [-0.15, -0.1) is 0 Å². The topological polar surface area (TPSA) is 90.1 Å². The third-order valence-corrected chi connectivity index (χ3v) is 6.51. The molecule has 2 aromatic carbocycles. The van der Waals surface area contributed by atoms with Gasteiger partial charge in [-0.2, -0.15) is 0 Å². The summed E-state index contributed by atoms with van der Waals surface area (Å²) in [5, 5.41) is -1.28. The number of sulfone groups is 1. The highest BCUT2D eigenvalue weighted by Gasteiger charge is 2.34. The van der Waals surface area contributed by atoms with Crippen LogP contribution in [0.1, 0.15) is 22.1 Å². The lowest BCUT2D eigenvalue weighted by Gasteiger charge is -2.19. The zero-order valence-corrected chi connectivity index (χ0v) is 16.9. The third kappa shape index (κ3) is 4.72. The number of nitrogens with zero attached hydrogens (tertiary/aromatic N) is 1. The molecule has 3 aromatic rings. The molecule has 0 saturated carbocycles. The van der Waals surface area contributed by atoms with Crippen LogP contribution < -0.4 is 5.73 Å². The van der Waals surface area contributed by atoms with Gasteiger partial charge in [0, 0.05) is 22.9 Å². The fraction of sp³-hybridized carbons (Fsp3) is 0.0476. The lowest BCUT2D eigenvalue weighted by atomic mass is 10.1. The minimum atomic E-state index is -4.22. The molecular weight excluding hydrogens is 434 g/mol. The Morgan fingerprint density at radius 1 is 1.07 bits per heavy atom. The zero-order valence-electron chi connectivity index (χ0n) is 15.3. The molecule has 0 fully saturated rings. The predicted octanol–water partition coefficient (Wildman–Crippen LogP) is 4.08. The number of carbonyl (C=O) groups is 1. The first kappa shape index (κ1) is 21.6. The molecule has 1 atom stereocenters. The number of nitrogens with two attached hydrogens (primary N) is 1. The first-order valence-electron chi connectivity index (χ1n) is 8.56. The Kier molecular flexibility index (Phi) is 6.28. The average Bonchev–Trinajstić information content (AvgIpc) is 2.70. The van der Waals surface area contributed by atoms with Gasteiger partial charge in [0.25, 0.3) is 0 Å². The van der Waals surface area contributed by atoms with E-state index in [4.69, 9.17) is 17.3 Å². The van der Waals surface area contributed by atoms with Gasteiger partial charge >= 0.3 is 0 Å². The van der Waals surface area contributed by atoms with Gasteiger partial charge in [-0.3, -0.25) is 9.78 Å². The minimum Gasteiger partial charge on any atom is -0.366 e. The van der Waals surface area contributed by atoms with Crippen LogP contribution in [0.15, 0.2) is 71.8 Å². The summed E-state index contributed by atoms with van der Waals surface area (Å²) in [6, 6.07) is 10.8. The van der Waals surface area contributed by atoms with Gasteiger partial charge in [0.1, 0.15) is 16.9 Å². The number of amides is 1. The van der Waals surface area contributed by atoms with Crippen molar-refractivity contribution in [2.24, 2.45) is 5.73 Å². The van der Waals surface area contributed by atoms with Crippen molar-refractivity contribution in [3.05, 3.63) is 100 Å². The molecule has 0 bridgehead atoms. The van der Waals surface area contributed by atoms with E-state index in [-0.39, 0.29) is 16.2 Å². The summed E-state index contributed by atoms with van der Waals surface area (Å²) in [7, 11) is -4.22. The molecular formula is C21H15ClF2N2O3S. The van der Waals surface area contributed by atoms with Crippen LogP contribution in [0.25, 0.3) is 6.08 Å². The quantitative estimate of drug-likeness (QED) is 0.575. The van der Waals surface area contributed by atoms with E-state index in [1.54, 1.807) is 0 Å². The molecule has 30 heavy (non-hydrogen) atoms. The second-order valence-corrected chi connectivity index (χ2v) is 8.77. The predicted molar refractivity (Wildman–Crippen MR) is 109 cm³/mol. The Morgan fingerprint density at radius 2 is 1.77 bits per heavy atom. The van der Waals surface area contributed by atoms with Crippen molar-refractivity contribution >= 4 is 33.4 Å². The lowest BCUT2D eigenvalue weighted by Crippen LogP contribution is -2.18. The van der Waals surface area contributed by atoms with Crippen molar-refractivity contribution in [3.63, 3.8) is 0 Å². The van der Waals surface area contributed by atoms with Crippen molar-refractivity contribution in [1.29, 1.82) is 0 Å². The first-order valence-corrected chi connectivity index (χ1v) is 10.5. The normalized spacial score (nSPS) is 12.8. The number of halogens is 3. The van der Waals surface area contributed by atoms with E-state index in [9.17, 15) is 22.0 Å². The fourth-order valence-electron chi connectivity index (χ4n) is 2.81. The van der Waals surface area contributed by atoms with Gasteiger partial charge in [0.15, 0.2) is 9.84 Å². The molecule has 0 aliphatic carbocycles. The van der Waals surface area contributed by atoms with Gasteiger partial charge in [-0.25, -0.2) is 17.2 Å². The second-order valence-electron chi connectivity index (χ2n) is 6.30. The number of pyridine rings is 1. The summed E-state index contributed by atoms with van der Waals surface area (Å²) in [4.78, 5) is 14.9. The van der Waals surface area contributed by atoms with E-state index in [1.165, 1.54) is 48.7 Å². The standard InChI is InChI=1S/C21H15ClF2N2O3S/c22-14-3-6-16(7-4-14)30(28,29)21(17-11-15(23)5-8-18(17)24)19-9-1-13(12-26-19)2-10-20(25)27/h1-12,21H,(H2,25,27). The number of carbonyl (C=O) groups excluding carboxylic acids is 1. The van der Waals surface area contributed by atoms with Crippen LogP contribution >= 0.6 is 11.6 Å². The minimum absolute atomic E-state index is 0.0225. The van der Waals surface area contributed by atoms with Crippen molar-refractivity contribution < 1.29 is 22.0 Å². The molecule has 0 radical (unpaired) electrons. The SMILES string of the molecule is NC(=O)C=Cc1ccc(C(c2cc(F)ccc2F)S(=O)(=O)c2ccc(Cl)cc2)nc1. The Balaban J connectivity index is 2.16. The fourth-order valence-corrected chi connectivity index (χ4v) is 4.70. The first-order chi connectivity index (χ1) is 14.2. The maximum absolute atomic E-state index is 14.6. The van der Waals surface area contributed by atoms with Crippen molar-refractivity contribution in [2.75, 3.05) is 0 Å². The second kappa shape index (κ2) is 8.73. The summed E-state index contributed by atoms with van der Waals surface area (Å²) in [5.74, 6) is -2.34. The Morgan fingerprint density at radius 3 is 2.37 bits per heavy atom. The van der Waals surface area contributed by atoms with E-state index < -0.39 is 32.6 Å². The smallest absolute Gasteiger partial charge is 0.241 e. The molecule has 1 unspecified atom stereocenters. The third-order valence-electron chi connectivity index (χ3n) is 4.21. The Bertz CT molecular complexity index is 1210. The van der Waals surface area contributed by atoms with E-state index in [1.807, 2.05) is 0 Å². The molecule has 0 aliphatic rings. The summed E-state index contributed by atoms with van der Waals surface area (Å²) >= 11 is 5.83. The molecule has 0 saturated heterocycles. The van der Waals surface area contributed by atoms with E-state index in [0.717, 1.165) is 24.3 Å². The molecule has 2 N–H and O–H groups in total. The molecule has 1 heterocycles. The zero-order chi connectivity index (χ0) is 21.9. The molecule has 1 amide bonds. The average molecular weight is 449 g/mol. The monoisotopic (exact) mass is 448 g/mol. The van der Waals surface area contributed by atoms with Crippen molar-refractivity contribution in [3.8, 4) is 0 Å². The molecule has 154 valence electrons. The highest BCUT2D eigenvalue weighted by atomic mass is 35.5. The molecule has 3 rings (SSSR count). The van der Waals surface area contributed by atoms with E-state index >= 15 is 0 Å². The highest BCUT2D eigenvalue weighted by molar-refractivity contribution is 7.91. The highest BCUT2D eigenvalue weighted by Crippen LogP contribution is 2.36. The number of rotatable bonds is 6. The Hall–Kier alpha value is -3.10. The van der Waals surface area contributed by atoms with Gasteiger partial charge in [-0.05, 0) is 60.2 Å². The summed E-state index contributed by atoms with van der Waals surface area (Å²) in [5.41, 5.74) is 5.12. The molecule has 9 heteroatoms. The van der Waals surface area contributed by atoms with Gasteiger partial charge in [0.05, 0.1) is 10.6 Å². The Labute approximate surface area is 176 Å². The van der Waals surface area contributed by atoms with Crippen molar-refractivity contribution in [2.45, 2.75) is 10.1 Å². The van der Waals surface area contributed by atoms with Crippen LogP contribution in [0.2, 0.25) is 5.02 Å². The molecule has 0 aliphatic heterocycles.